The number of aromatic hydroxyl groups is 1. The molecular weight excluding hydrogens is 725 g/mol. The minimum atomic E-state index is -1.20. The molecule has 0 aromatic heterocycles. The molecule has 6 rings (SSSR count). The van der Waals surface area contributed by atoms with Crippen LogP contribution in [0.5, 0.6) is 5.75 Å². The van der Waals surface area contributed by atoms with Crippen LogP contribution in [0.4, 0.5) is 0 Å². The smallest absolute Gasteiger partial charge is 0.326 e. The minimum absolute atomic E-state index is 0.0416. The van der Waals surface area contributed by atoms with Crippen LogP contribution in [0.15, 0.2) is 54.6 Å². The maximum atomic E-state index is 13.6. The molecule has 0 spiro atoms. The van der Waals surface area contributed by atoms with E-state index >= 15 is 0 Å². The highest BCUT2D eigenvalue weighted by Crippen LogP contribution is 2.55. The normalized spacial score (nSPS) is 23.1. The molecule has 0 aliphatic heterocycles. The average Bonchev–Trinajstić information content (AvgIpc) is 3.14. The molecule has 0 unspecified atom stereocenters. The number of carboxylic acids is 1. The molecule has 0 heterocycles. The molecule has 2 aromatic rings. The van der Waals surface area contributed by atoms with E-state index in [1.54, 1.807) is 42.5 Å². The Balaban J connectivity index is 1.22. The second kappa shape index (κ2) is 19.3. The lowest BCUT2D eigenvalue weighted by atomic mass is 9.53. The van der Waals surface area contributed by atoms with Crippen molar-refractivity contribution in [2.24, 2.45) is 23.5 Å². The maximum absolute atomic E-state index is 13.6. The van der Waals surface area contributed by atoms with Crippen molar-refractivity contribution in [3.05, 3.63) is 65.7 Å². The Morgan fingerprint density at radius 1 is 0.745 bits per heavy atom. The van der Waals surface area contributed by atoms with Crippen molar-refractivity contribution < 1.29 is 39.0 Å². The fourth-order valence-electron chi connectivity index (χ4n) is 8.78. The van der Waals surface area contributed by atoms with Gasteiger partial charge >= 0.3 is 5.97 Å². The number of benzene rings is 2. The van der Waals surface area contributed by atoms with Gasteiger partial charge in [-0.3, -0.25) is 24.0 Å². The number of carbonyl (C=O) groups is 6. The van der Waals surface area contributed by atoms with Crippen molar-refractivity contribution in [3.63, 3.8) is 0 Å². The van der Waals surface area contributed by atoms with Crippen LogP contribution in [0.1, 0.15) is 68.9 Å². The Kier molecular flexibility index (Phi) is 14.6. The molecule has 4 fully saturated rings. The zero-order chi connectivity index (χ0) is 39.5. The van der Waals surface area contributed by atoms with E-state index in [0.717, 1.165) is 24.8 Å². The summed E-state index contributed by atoms with van der Waals surface area (Å²) in [6, 6.07) is 10.6. The number of phenols is 1. The fourth-order valence-corrected chi connectivity index (χ4v) is 9.26. The molecule has 4 saturated carbocycles. The van der Waals surface area contributed by atoms with E-state index in [0.29, 0.717) is 29.1 Å². The molecule has 4 aliphatic rings. The van der Waals surface area contributed by atoms with Gasteiger partial charge in [0.1, 0.15) is 23.9 Å². The van der Waals surface area contributed by atoms with Crippen molar-refractivity contribution in [1.82, 2.24) is 26.6 Å². The molecule has 4 atom stereocenters. The molecule has 9 N–H and O–H groups in total. The summed E-state index contributed by atoms with van der Waals surface area (Å²) in [5.41, 5.74) is 7.41. The van der Waals surface area contributed by atoms with Crippen molar-refractivity contribution in [1.29, 1.82) is 0 Å². The lowest BCUT2D eigenvalue weighted by Gasteiger charge is -2.57. The van der Waals surface area contributed by atoms with E-state index in [9.17, 15) is 39.0 Å². The highest BCUT2D eigenvalue weighted by molar-refractivity contribution is 7.98. The standard InChI is InChI=1S/C40H54N6O8S/c1-55-14-13-32(39(53)54)45-38(52)33(19-24-5-3-2-4-6-24)43-35(49)23-42-37(51)31(44-36(50)30(41)18-25-7-9-29(47)10-8-25)11-12-34(48)46-40-20-26-15-27(21-40)17-28(16-26)22-40/h2-10,26-28,30-33,47H,11-23,41H2,1H3,(H,42,51)(H,43,49)(H,44,50)(H,45,52)(H,46,48)(H,53,54)/t26?,27?,28?,30-,31-,32-,33-,40?/m0/s1. The van der Waals surface area contributed by atoms with Gasteiger partial charge in [0, 0.05) is 18.4 Å². The fraction of sp³-hybridized carbons (Fsp3) is 0.550. The molecule has 2 aromatic carbocycles. The molecule has 5 amide bonds. The van der Waals surface area contributed by atoms with E-state index in [2.05, 4.69) is 26.6 Å². The van der Waals surface area contributed by atoms with Crippen LogP contribution in [0, 0.1) is 17.8 Å². The molecule has 14 nitrogen and oxygen atoms in total. The summed E-state index contributed by atoms with van der Waals surface area (Å²) in [6.45, 7) is -0.558. The number of phenolic OH excluding ortho intramolecular Hbond substituents is 1. The first kappa shape index (κ1) is 41.5. The Bertz CT molecular complexity index is 1640. The van der Waals surface area contributed by atoms with Gasteiger partial charge in [-0.25, -0.2) is 4.79 Å². The van der Waals surface area contributed by atoms with Crippen molar-refractivity contribution >= 4 is 47.3 Å². The van der Waals surface area contributed by atoms with Crippen LogP contribution in [0.25, 0.3) is 0 Å². The highest BCUT2D eigenvalue weighted by Gasteiger charge is 2.51. The van der Waals surface area contributed by atoms with Crippen molar-refractivity contribution in [2.75, 3.05) is 18.6 Å². The first-order valence-corrected chi connectivity index (χ1v) is 20.5. The maximum Gasteiger partial charge on any atom is 0.326 e. The van der Waals surface area contributed by atoms with Crippen LogP contribution in [0.2, 0.25) is 0 Å². The molecule has 4 bridgehead atoms. The van der Waals surface area contributed by atoms with Crippen LogP contribution in [-0.2, 0) is 41.6 Å². The molecular formula is C40H54N6O8S. The number of thioether (sulfide) groups is 1. The lowest BCUT2D eigenvalue weighted by molar-refractivity contribution is -0.142. The third-order valence-electron chi connectivity index (χ3n) is 11.0. The summed E-state index contributed by atoms with van der Waals surface area (Å²) in [6.07, 6.45) is 8.68. The summed E-state index contributed by atoms with van der Waals surface area (Å²) in [4.78, 5) is 78.6. The zero-order valence-electron chi connectivity index (χ0n) is 31.3. The number of aliphatic carboxylic acids is 1. The predicted octanol–water partition coefficient (Wildman–Crippen LogP) is 1.78. The summed E-state index contributed by atoms with van der Waals surface area (Å²) in [7, 11) is 0. The lowest BCUT2D eigenvalue weighted by Crippen LogP contribution is -2.60. The van der Waals surface area contributed by atoms with Gasteiger partial charge in [0.15, 0.2) is 0 Å². The van der Waals surface area contributed by atoms with Crippen LogP contribution in [0.3, 0.4) is 0 Å². The number of hydrogen-bond acceptors (Lipinski definition) is 9. The van der Waals surface area contributed by atoms with Crippen LogP contribution >= 0.6 is 11.8 Å². The molecule has 55 heavy (non-hydrogen) atoms. The molecule has 0 saturated heterocycles. The second-order valence-electron chi connectivity index (χ2n) is 15.5. The topological polar surface area (TPSA) is 229 Å². The molecule has 298 valence electrons. The second-order valence-corrected chi connectivity index (χ2v) is 16.5. The number of hydrogen-bond donors (Lipinski definition) is 8. The zero-order valence-corrected chi connectivity index (χ0v) is 32.1. The van der Waals surface area contributed by atoms with Gasteiger partial charge in [-0.05, 0) is 111 Å². The Labute approximate surface area is 325 Å². The van der Waals surface area contributed by atoms with E-state index < -0.39 is 60.3 Å². The number of amides is 5. The summed E-state index contributed by atoms with van der Waals surface area (Å²) in [5, 5.41) is 32.9. The number of carboxylic acid groups (broad SMARTS) is 1. The molecule has 4 aliphatic carbocycles. The van der Waals surface area contributed by atoms with Crippen LogP contribution in [-0.4, -0.2) is 94.0 Å². The third kappa shape index (κ3) is 12.2. The third-order valence-corrected chi connectivity index (χ3v) is 11.7. The van der Waals surface area contributed by atoms with E-state index in [1.165, 1.54) is 43.2 Å². The van der Waals surface area contributed by atoms with Crippen molar-refractivity contribution in [3.8, 4) is 5.75 Å². The Morgan fingerprint density at radius 3 is 1.95 bits per heavy atom. The summed E-state index contributed by atoms with van der Waals surface area (Å²) >= 11 is 1.44. The predicted molar refractivity (Wildman–Crippen MR) is 208 cm³/mol. The van der Waals surface area contributed by atoms with E-state index in [4.69, 9.17) is 5.73 Å². The van der Waals surface area contributed by atoms with Gasteiger partial charge in [0.2, 0.25) is 29.5 Å². The van der Waals surface area contributed by atoms with E-state index in [-0.39, 0.29) is 49.3 Å². The summed E-state index contributed by atoms with van der Waals surface area (Å²) in [5.74, 6) is -1.69. The number of rotatable bonds is 20. The highest BCUT2D eigenvalue weighted by atomic mass is 32.2. The SMILES string of the molecule is CSCC[C@H](NC(=O)[C@H](Cc1ccccc1)NC(=O)CNC(=O)[C@H](CCC(=O)NC12CC3CC(CC(C3)C1)C2)NC(=O)[C@@H](N)Cc1ccc(O)cc1)C(=O)O. The van der Waals surface area contributed by atoms with E-state index in [1.807, 2.05) is 6.26 Å². The van der Waals surface area contributed by atoms with Gasteiger partial charge in [0.05, 0.1) is 12.6 Å². The Morgan fingerprint density at radius 2 is 1.35 bits per heavy atom. The average molecular weight is 779 g/mol. The largest absolute Gasteiger partial charge is 0.508 e. The van der Waals surface area contributed by atoms with Gasteiger partial charge in [-0.15, -0.1) is 0 Å². The van der Waals surface area contributed by atoms with Gasteiger partial charge < -0.3 is 42.5 Å². The van der Waals surface area contributed by atoms with Crippen molar-refractivity contribution in [2.45, 2.75) is 100 Å². The van der Waals surface area contributed by atoms with Crippen LogP contribution < -0.4 is 32.3 Å². The molecule has 0 radical (unpaired) electrons. The monoisotopic (exact) mass is 778 g/mol. The van der Waals surface area contributed by atoms with Gasteiger partial charge in [-0.1, -0.05) is 42.5 Å². The summed E-state index contributed by atoms with van der Waals surface area (Å²) < 4.78 is 0. The minimum Gasteiger partial charge on any atom is -0.508 e. The van der Waals surface area contributed by atoms with Gasteiger partial charge in [-0.2, -0.15) is 11.8 Å². The first-order chi connectivity index (χ1) is 26.3. The Hall–Kier alpha value is -4.63. The quantitative estimate of drug-likeness (QED) is 0.0972. The number of nitrogens with two attached hydrogens (primary N) is 1. The van der Waals surface area contributed by atoms with Gasteiger partial charge in [0.25, 0.3) is 0 Å². The number of carbonyl (C=O) groups excluding carboxylic acids is 5. The molecule has 15 heteroatoms. The first-order valence-electron chi connectivity index (χ1n) is 19.1. The number of nitrogens with one attached hydrogen (secondary N) is 5.